The number of aromatic nitrogens is 2. The van der Waals surface area contributed by atoms with Crippen LogP contribution in [-0.2, 0) is 12.7 Å². The third kappa shape index (κ3) is 4.50. The molecule has 2 rings (SSSR count). The lowest BCUT2D eigenvalue weighted by Crippen LogP contribution is -2.30. The van der Waals surface area contributed by atoms with Crippen molar-refractivity contribution in [3.05, 3.63) is 47.7 Å². The van der Waals surface area contributed by atoms with Gasteiger partial charge in [0.2, 0.25) is 0 Å². The zero-order valence-electron chi connectivity index (χ0n) is 13.7. The number of hydrogen-bond acceptors (Lipinski definition) is 3. The first-order valence-electron chi connectivity index (χ1n) is 7.61. The Hall–Kier alpha value is -2.02. The molecule has 1 N–H and O–H groups in total. The van der Waals surface area contributed by atoms with E-state index in [2.05, 4.69) is 15.3 Å². The molecule has 0 amide bonds. The summed E-state index contributed by atoms with van der Waals surface area (Å²) in [7, 11) is 0. The first-order valence-corrected chi connectivity index (χ1v) is 7.61. The van der Waals surface area contributed by atoms with Gasteiger partial charge in [-0.15, -0.1) is 0 Å². The van der Waals surface area contributed by atoms with E-state index < -0.39 is 17.7 Å². The summed E-state index contributed by atoms with van der Waals surface area (Å²) in [6.45, 7) is 6.33. The normalized spacial score (nSPS) is 13.3. The molecular weight excluding hydrogens is 322 g/mol. The highest BCUT2D eigenvalue weighted by Gasteiger charge is 2.32. The largest absolute Gasteiger partial charge is 0.433 e. The van der Waals surface area contributed by atoms with Crippen molar-refractivity contribution in [1.29, 1.82) is 0 Å². The predicted molar refractivity (Wildman–Crippen MR) is 83.6 cm³/mol. The molecule has 0 spiro atoms. The second-order valence-electron chi connectivity index (χ2n) is 5.97. The second kappa shape index (κ2) is 7.25. The first kappa shape index (κ1) is 18.3. The number of hydrogen-bond donors (Lipinski definition) is 1. The van der Waals surface area contributed by atoms with Crippen LogP contribution in [0.5, 0.6) is 0 Å². The van der Waals surface area contributed by atoms with E-state index in [1.165, 1.54) is 18.2 Å². The topological polar surface area (TPSA) is 37.8 Å². The van der Waals surface area contributed by atoms with Gasteiger partial charge in [-0.2, -0.15) is 13.2 Å². The predicted octanol–water partition coefficient (Wildman–Crippen LogP) is 4.44. The Morgan fingerprint density at radius 2 is 1.79 bits per heavy atom. The zero-order chi connectivity index (χ0) is 17.9. The standard InChI is InChI=1S/C17H19F4N3/c1-10(2)11(3)22-9-15-13(18)5-6-14(24-15)12-4-7-16(23-8-12)17(19,20)21/h4-8,10-11,22H,9H2,1-3H3/t11-/m0/s1. The van der Waals surface area contributed by atoms with Gasteiger partial charge in [0.05, 0.1) is 11.4 Å². The molecule has 0 saturated carbocycles. The lowest BCUT2D eigenvalue weighted by Gasteiger charge is -2.17. The average molecular weight is 341 g/mol. The highest BCUT2D eigenvalue weighted by molar-refractivity contribution is 5.58. The van der Waals surface area contributed by atoms with Gasteiger partial charge in [-0.25, -0.2) is 9.37 Å². The van der Waals surface area contributed by atoms with Gasteiger partial charge in [-0.3, -0.25) is 4.98 Å². The Bertz CT molecular complexity index is 681. The molecule has 3 nitrogen and oxygen atoms in total. The summed E-state index contributed by atoms with van der Waals surface area (Å²) in [5, 5.41) is 3.18. The van der Waals surface area contributed by atoms with Crippen LogP contribution in [0, 0.1) is 11.7 Å². The van der Waals surface area contributed by atoms with E-state index in [1.807, 2.05) is 20.8 Å². The summed E-state index contributed by atoms with van der Waals surface area (Å²) in [6.07, 6.45) is -3.40. The van der Waals surface area contributed by atoms with E-state index >= 15 is 0 Å². The number of nitrogens with zero attached hydrogens (tertiary/aromatic N) is 2. The summed E-state index contributed by atoms with van der Waals surface area (Å²) in [6, 6.07) is 5.04. The first-order chi connectivity index (χ1) is 11.2. The molecule has 0 aromatic carbocycles. The molecule has 0 aliphatic carbocycles. The van der Waals surface area contributed by atoms with E-state index in [-0.39, 0.29) is 18.3 Å². The number of halogens is 4. The molecule has 2 aromatic rings. The van der Waals surface area contributed by atoms with Gasteiger partial charge in [-0.05, 0) is 37.1 Å². The quantitative estimate of drug-likeness (QED) is 0.817. The van der Waals surface area contributed by atoms with E-state index in [1.54, 1.807) is 0 Å². The van der Waals surface area contributed by atoms with E-state index in [0.717, 1.165) is 12.3 Å². The van der Waals surface area contributed by atoms with Crippen LogP contribution in [0.1, 0.15) is 32.2 Å². The van der Waals surface area contributed by atoms with Crippen LogP contribution in [-0.4, -0.2) is 16.0 Å². The molecule has 1 atom stereocenters. The Labute approximate surface area is 138 Å². The van der Waals surface area contributed by atoms with Gasteiger partial charge < -0.3 is 5.32 Å². The molecule has 0 saturated heterocycles. The van der Waals surface area contributed by atoms with Crippen molar-refractivity contribution < 1.29 is 17.6 Å². The fourth-order valence-corrected chi connectivity index (χ4v) is 1.98. The van der Waals surface area contributed by atoms with Crippen LogP contribution in [0.4, 0.5) is 17.6 Å². The fraction of sp³-hybridized carbons (Fsp3) is 0.412. The molecule has 2 heterocycles. The smallest absolute Gasteiger partial charge is 0.308 e. The van der Waals surface area contributed by atoms with Crippen molar-refractivity contribution in [2.45, 2.75) is 39.5 Å². The van der Waals surface area contributed by atoms with Gasteiger partial charge in [0, 0.05) is 24.3 Å². The Balaban J connectivity index is 2.21. The van der Waals surface area contributed by atoms with Crippen LogP contribution < -0.4 is 5.32 Å². The minimum atomic E-state index is -4.49. The Morgan fingerprint density at radius 1 is 1.08 bits per heavy atom. The lowest BCUT2D eigenvalue weighted by molar-refractivity contribution is -0.141. The molecule has 7 heteroatoms. The van der Waals surface area contributed by atoms with Gasteiger partial charge in [0.25, 0.3) is 0 Å². The van der Waals surface area contributed by atoms with Crippen molar-refractivity contribution in [3.63, 3.8) is 0 Å². The monoisotopic (exact) mass is 341 g/mol. The second-order valence-corrected chi connectivity index (χ2v) is 5.97. The highest BCUT2D eigenvalue weighted by Crippen LogP contribution is 2.28. The number of nitrogens with one attached hydrogen (secondary N) is 1. The number of rotatable bonds is 5. The van der Waals surface area contributed by atoms with Gasteiger partial charge in [0.15, 0.2) is 0 Å². The Morgan fingerprint density at radius 3 is 2.33 bits per heavy atom. The van der Waals surface area contributed by atoms with Crippen molar-refractivity contribution in [3.8, 4) is 11.3 Å². The average Bonchev–Trinajstić information content (AvgIpc) is 2.53. The summed E-state index contributed by atoms with van der Waals surface area (Å²) in [5.41, 5.74) is 0.0358. The van der Waals surface area contributed by atoms with Crippen LogP contribution >= 0.6 is 0 Å². The molecule has 0 aliphatic rings. The summed E-state index contributed by atoms with van der Waals surface area (Å²) in [5.74, 6) is -0.0718. The SMILES string of the molecule is CC(C)[C@H](C)NCc1nc(-c2ccc(C(F)(F)F)nc2)ccc1F. The minimum Gasteiger partial charge on any atom is -0.308 e. The molecule has 0 fully saturated rings. The van der Waals surface area contributed by atoms with Gasteiger partial charge in [0.1, 0.15) is 11.5 Å². The summed E-state index contributed by atoms with van der Waals surface area (Å²) < 4.78 is 51.5. The van der Waals surface area contributed by atoms with Crippen LogP contribution in [0.3, 0.4) is 0 Å². The van der Waals surface area contributed by atoms with E-state index in [0.29, 0.717) is 17.2 Å². The molecule has 0 unspecified atom stereocenters. The molecule has 0 bridgehead atoms. The molecule has 130 valence electrons. The zero-order valence-corrected chi connectivity index (χ0v) is 13.7. The molecule has 24 heavy (non-hydrogen) atoms. The van der Waals surface area contributed by atoms with E-state index in [9.17, 15) is 17.6 Å². The fourth-order valence-electron chi connectivity index (χ4n) is 1.98. The molecule has 2 aromatic heterocycles. The van der Waals surface area contributed by atoms with Crippen LogP contribution in [0.15, 0.2) is 30.5 Å². The Kier molecular flexibility index (Phi) is 5.54. The number of pyridine rings is 2. The van der Waals surface area contributed by atoms with Gasteiger partial charge >= 0.3 is 6.18 Å². The van der Waals surface area contributed by atoms with Crippen molar-refractivity contribution in [2.75, 3.05) is 0 Å². The van der Waals surface area contributed by atoms with Crippen LogP contribution in [0.2, 0.25) is 0 Å². The molecule has 0 radical (unpaired) electrons. The maximum atomic E-state index is 13.9. The van der Waals surface area contributed by atoms with E-state index in [4.69, 9.17) is 0 Å². The maximum absolute atomic E-state index is 13.9. The van der Waals surface area contributed by atoms with Crippen molar-refractivity contribution in [2.24, 2.45) is 5.92 Å². The summed E-state index contributed by atoms with van der Waals surface area (Å²) in [4.78, 5) is 7.61. The third-order valence-corrected chi connectivity index (χ3v) is 3.86. The lowest BCUT2D eigenvalue weighted by atomic mass is 10.1. The minimum absolute atomic E-state index is 0.183. The highest BCUT2D eigenvalue weighted by atomic mass is 19.4. The summed E-state index contributed by atoms with van der Waals surface area (Å²) >= 11 is 0. The van der Waals surface area contributed by atoms with Crippen molar-refractivity contribution >= 4 is 0 Å². The maximum Gasteiger partial charge on any atom is 0.433 e. The third-order valence-electron chi connectivity index (χ3n) is 3.86. The molecule has 0 aliphatic heterocycles. The van der Waals surface area contributed by atoms with Gasteiger partial charge in [-0.1, -0.05) is 13.8 Å². The van der Waals surface area contributed by atoms with Crippen LogP contribution in [0.25, 0.3) is 11.3 Å². The number of alkyl halides is 3. The molecular formula is C17H19F4N3. The van der Waals surface area contributed by atoms with Crippen molar-refractivity contribution in [1.82, 2.24) is 15.3 Å².